The monoisotopic (exact) mass is 364 g/mol. The molecule has 0 aliphatic rings. The first-order valence-electron chi connectivity index (χ1n) is 6.37. The van der Waals surface area contributed by atoms with Crippen LogP contribution in [-0.2, 0) is 0 Å². The minimum Gasteiger partial charge on any atom is -0.329 e. The van der Waals surface area contributed by atoms with Gasteiger partial charge in [-0.25, -0.2) is 0 Å². The van der Waals surface area contributed by atoms with E-state index in [2.05, 4.69) is 53.2 Å². The highest BCUT2D eigenvalue weighted by atomic mass is 79.9. The molecule has 0 amide bonds. The van der Waals surface area contributed by atoms with Crippen molar-refractivity contribution in [3.8, 4) is 0 Å². The van der Waals surface area contributed by atoms with Gasteiger partial charge in [0.2, 0.25) is 0 Å². The molecule has 0 bridgehead atoms. The summed E-state index contributed by atoms with van der Waals surface area (Å²) in [5.41, 5.74) is 7.17. The molecule has 0 fully saturated rings. The van der Waals surface area contributed by atoms with Crippen LogP contribution in [0.15, 0.2) is 22.7 Å². The number of benzene rings is 1. The molecule has 2 unspecified atom stereocenters. The second kappa shape index (κ2) is 8.53. The van der Waals surface area contributed by atoms with Crippen LogP contribution < -0.4 is 5.73 Å². The molecule has 108 valence electrons. The summed E-state index contributed by atoms with van der Waals surface area (Å²) in [7, 11) is 2.14. The van der Waals surface area contributed by atoms with E-state index in [0.717, 1.165) is 9.50 Å². The Balaban J connectivity index is 2.83. The summed E-state index contributed by atoms with van der Waals surface area (Å²) in [4.78, 5) is 2.35. The Kier molecular flexibility index (Phi) is 7.77. The van der Waals surface area contributed by atoms with Gasteiger partial charge in [-0.1, -0.05) is 17.7 Å². The van der Waals surface area contributed by atoms with Crippen LogP contribution in [0.2, 0.25) is 5.02 Å². The first kappa shape index (κ1) is 17.3. The molecular weight excluding hydrogens is 344 g/mol. The molecule has 0 heterocycles. The molecule has 0 aliphatic heterocycles. The standard InChI is InChI=1S/C14H22BrClN2S/c1-10(6-7-19-3)18(2)14(9-17)11-4-5-13(16)12(15)8-11/h4-5,8,10,14H,6-7,9,17H2,1-3H3. The highest BCUT2D eigenvalue weighted by Crippen LogP contribution is 2.29. The minimum atomic E-state index is 0.227. The van der Waals surface area contributed by atoms with Gasteiger partial charge in [-0.2, -0.15) is 11.8 Å². The van der Waals surface area contributed by atoms with Crippen molar-refractivity contribution in [1.29, 1.82) is 0 Å². The molecule has 19 heavy (non-hydrogen) atoms. The van der Waals surface area contributed by atoms with E-state index in [9.17, 15) is 0 Å². The van der Waals surface area contributed by atoms with Crippen molar-refractivity contribution in [2.45, 2.75) is 25.4 Å². The first-order chi connectivity index (χ1) is 9.01. The lowest BCUT2D eigenvalue weighted by atomic mass is 10.0. The molecule has 2 nitrogen and oxygen atoms in total. The fourth-order valence-electron chi connectivity index (χ4n) is 2.06. The fraction of sp³-hybridized carbons (Fsp3) is 0.571. The number of halogens is 2. The minimum absolute atomic E-state index is 0.227. The second-order valence-corrected chi connectivity index (χ2v) is 6.97. The Morgan fingerprint density at radius 2 is 2.16 bits per heavy atom. The number of rotatable bonds is 7. The average molecular weight is 366 g/mol. The van der Waals surface area contributed by atoms with Gasteiger partial charge in [-0.15, -0.1) is 0 Å². The fourth-order valence-corrected chi connectivity index (χ4v) is 3.15. The maximum absolute atomic E-state index is 6.04. The van der Waals surface area contributed by atoms with Gasteiger partial charge >= 0.3 is 0 Å². The van der Waals surface area contributed by atoms with Crippen LogP contribution in [-0.4, -0.2) is 36.5 Å². The number of nitrogens with zero attached hydrogens (tertiary/aromatic N) is 1. The highest BCUT2D eigenvalue weighted by Gasteiger charge is 2.20. The SMILES string of the molecule is CSCCC(C)N(C)C(CN)c1ccc(Cl)c(Br)c1. The number of nitrogens with two attached hydrogens (primary N) is 1. The second-order valence-electron chi connectivity index (χ2n) is 4.72. The van der Waals surface area contributed by atoms with Crippen LogP contribution in [0, 0.1) is 0 Å². The Morgan fingerprint density at radius 1 is 1.47 bits per heavy atom. The smallest absolute Gasteiger partial charge is 0.0548 e. The lowest BCUT2D eigenvalue weighted by Crippen LogP contribution is -2.37. The van der Waals surface area contributed by atoms with Crippen molar-refractivity contribution in [3.63, 3.8) is 0 Å². The molecule has 0 spiro atoms. The summed E-state index contributed by atoms with van der Waals surface area (Å²) in [5.74, 6) is 1.17. The number of hydrogen-bond acceptors (Lipinski definition) is 3. The third kappa shape index (κ3) is 4.94. The number of likely N-dealkylation sites (N-methyl/N-ethyl adjacent to an activating group) is 1. The van der Waals surface area contributed by atoms with E-state index in [1.807, 2.05) is 17.8 Å². The van der Waals surface area contributed by atoms with Crippen molar-refractivity contribution in [2.75, 3.05) is 25.6 Å². The van der Waals surface area contributed by atoms with Gasteiger partial charge in [0, 0.05) is 23.1 Å². The largest absolute Gasteiger partial charge is 0.329 e. The molecule has 1 aromatic rings. The van der Waals surface area contributed by atoms with Crippen molar-refractivity contribution >= 4 is 39.3 Å². The van der Waals surface area contributed by atoms with Gasteiger partial charge < -0.3 is 5.73 Å². The van der Waals surface area contributed by atoms with E-state index in [0.29, 0.717) is 12.6 Å². The Bertz CT molecular complexity index is 403. The van der Waals surface area contributed by atoms with Crippen LogP contribution in [0.4, 0.5) is 0 Å². The summed E-state index contributed by atoms with van der Waals surface area (Å²) in [6.07, 6.45) is 3.31. The molecule has 2 atom stereocenters. The highest BCUT2D eigenvalue weighted by molar-refractivity contribution is 9.10. The predicted octanol–water partition coefficient (Wildman–Crippen LogP) is 4.18. The maximum Gasteiger partial charge on any atom is 0.0548 e. The van der Waals surface area contributed by atoms with Crippen LogP contribution in [0.25, 0.3) is 0 Å². The molecule has 1 aromatic carbocycles. The topological polar surface area (TPSA) is 29.3 Å². The van der Waals surface area contributed by atoms with Crippen LogP contribution in [0.1, 0.15) is 24.9 Å². The summed E-state index contributed by atoms with van der Waals surface area (Å²) in [5, 5.41) is 0.734. The Labute approximate surface area is 134 Å². The molecular formula is C14H22BrClN2S. The van der Waals surface area contributed by atoms with E-state index in [1.165, 1.54) is 17.7 Å². The zero-order chi connectivity index (χ0) is 14.4. The van der Waals surface area contributed by atoms with E-state index >= 15 is 0 Å². The molecule has 0 aliphatic carbocycles. The van der Waals surface area contributed by atoms with Gasteiger partial charge in [-0.3, -0.25) is 4.90 Å². The van der Waals surface area contributed by atoms with Crippen LogP contribution >= 0.6 is 39.3 Å². The molecule has 5 heteroatoms. The Hall–Kier alpha value is 0.260. The third-order valence-corrected chi connectivity index (χ3v) is 5.34. The summed E-state index contributed by atoms with van der Waals surface area (Å²) >= 11 is 11.4. The quantitative estimate of drug-likeness (QED) is 0.786. The zero-order valence-electron chi connectivity index (χ0n) is 11.7. The van der Waals surface area contributed by atoms with E-state index < -0.39 is 0 Å². The summed E-state index contributed by atoms with van der Waals surface area (Å²) < 4.78 is 0.926. The first-order valence-corrected chi connectivity index (χ1v) is 8.93. The Morgan fingerprint density at radius 3 is 2.68 bits per heavy atom. The van der Waals surface area contributed by atoms with Crippen molar-refractivity contribution in [1.82, 2.24) is 4.90 Å². The molecule has 0 saturated heterocycles. The molecule has 1 rings (SSSR count). The molecule has 0 radical (unpaired) electrons. The summed E-state index contributed by atoms with van der Waals surface area (Å²) in [6.45, 7) is 2.86. The lowest BCUT2D eigenvalue weighted by molar-refractivity contribution is 0.185. The van der Waals surface area contributed by atoms with Gasteiger partial charge in [0.15, 0.2) is 0 Å². The van der Waals surface area contributed by atoms with Crippen molar-refractivity contribution in [2.24, 2.45) is 5.73 Å². The molecule has 2 N–H and O–H groups in total. The van der Waals surface area contributed by atoms with Crippen molar-refractivity contribution < 1.29 is 0 Å². The van der Waals surface area contributed by atoms with Crippen LogP contribution in [0.5, 0.6) is 0 Å². The van der Waals surface area contributed by atoms with Gasteiger partial charge in [0.25, 0.3) is 0 Å². The normalized spacial score (nSPS) is 14.7. The average Bonchev–Trinajstić information content (AvgIpc) is 2.40. The van der Waals surface area contributed by atoms with Gasteiger partial charge in [-0.05, 0) is 66.0 Å². The third-order valence-electron chi connectivity index (χ3n) is 3.48. The van der Waals surface area contributed by atoms with Crippen molar-refractivity contribution in [3.05, 3.63) is 33.3 Å². The molecule has 0 aromatic heterocycles. The van der Waals surface area contributed by atoms with E-state index in [-0.39, 0.29) is 6.04 Å². The van der Waals surface area contributed by atoms with E-state index in [1.54, 1.807) is 0 Å². The lowest BCUT2D eigenvalue weighted by Gasteiger charge is -2.33. The number of thioether (sulfide) groups is 1. The zero-order valence-corrected chi connectivity index (χ0v) is 14.9. The predicted molar refractivity (Wildman–Crippen MR) is 91.2 cm³/mol. The summed E-state index contributed by atoms with van der Waals surface area (Å²) in [6, 6.07) is 6.78. The maximum atomic E-state index is 6.04. The van der Waals surface area contributed by atoms with Gasteiger partial charge in [0.05, 0.1) is 5.02 Å². The number of hydrogen-bond donors (Lipinski definition) is 1. The molecule has 0 saturated carbocycles. The van der Waals surface area contributed by atoms with E-state index in [4.69, 9.17) is 17.3 Å². The van der Waals surface area contributed by atoms with Crippen LogP contribution in [0.3, 0.4) is 0 Å². The van der Waals surface area contributed by atoms with Gasteiger partial charge in [0.1, 0.15) is 0 Å².